The fourth-order valence-electron chi connectivity index (χ4n) is 2.19. The van der Waals surface area contributed by atoms with E-state index in [2.05, 4.69) is 27.2 Å². The van der Waals surface area contributed by atoms with Gasteiger partial charge in [-0.3, -0.25) is 0 Å². The van der Waals surface area contributed by atoms with Gasteiger partial charge in [0, 0.05) is 19.6 Å². The van der Waals surface area contributed by atoms with Gasteiger partial charge in [0.2, 0.25) is 17.8 Å². The summed E-state index contributed by atoms with van der Waals surface area (Å²) in [5.41, 5.74) is 5.78. The third-order valence-electron chi connectivity index (χ3n) is 3.16. The predicted molar refractivity (Wildman–Crippen MR) is 69.1 cm³/mol. The highest BCUT2D eigenvalue weighted by Crippen LogP contribution is 2.31. The first-order chi connectivity index (χ1) is 7.98. The Morgan fingerprint density at radius 3 is 2.41 bits per heavy atom. The molecular weight excluding hydrogens is 216 g/mol. The summed E-state index contributed by atoms with van der Waals surface area (Å²) < 4.78 is 0. The first-order valence-corrected chi connectivity index (χ1v) is 5.96. The number of nitrogens with zero attached hydrogens (tertiary/aromatic N) is 4. The van der Waals surface area contributed by atoms with Crippen LogP contribution in [-0.2, 0) is 0 Å². The first-order valence-electron chi connectivity index (χ1n) is 5.96. The highest BCUT2D eigenvalue weighted by atomic mass is 15.3. The van der Waals surface area contributed by atoms with Gasteiger partial charge >= 0.3 is 0 Å². The summed E-state index contributed by atoms with van der Waals surface area (Å²) in [6.45, 7) is 2.20. The molecule has 0 radical (unpaired) electrons. The van der Waals surface area contributed by atoms with E-state index in [0.29, 0.717) is 11.9 Å². The van der Waals surface area contributed by atoms with Crippen molar-refractivity contribution in [3.8, 4) is 0 Å². The zero-order chi connectivity index (χ0) is 12.5. The molecular formula is C11H20N6. The molecule has 1 heterocycles. The molecule has 2 rings (SSSR count). The lowest BCUT2D eigenvalue weighted by molar-refractivity contribution is 0.528. The van der Waals surface area contributed by atoms with Crippen molar-refractivity contribution in [2.75, 3.05) is 30.0 Å². The van der Waals surface area contributed by atoms with Crippen LogP contribution in [0.25, 0.3) is 0 Å². The van der Waals surface area contributed by atoms with Crippen LogP contribution in [0.15, 0.2) is 0 Å². The molecule has 0 amide bonds. The topological polar surface area (TPSA) is 80.0 Å². The van der Waals surface area contributed by atoms with Crippen molar-refractivity contribution in [2.24, 2.45) is 0 Å². The van der Waals surface area contributed by atoms with Crippen LogP contribution < -0.4 is 16.0 Å². The Hall–Kier alpha value is -1.59. The third kappa shape index (κ3) is 2.75. The number of aromatic nitrogens is 3. The Balaban J connectivity index is 2.20. The highest BCUT2D eigenvalue weighted by molar-refractivity contribution is 5.42. The number of hydrogen-bond acceptors (Lipinski definition) is 6. The average Bonchev–Trinajstić information content (AvgIpc) is 2.63. The van der Waals surface area contributed by atoms with Crippen LogP contribution in [0.2, 0.25) is 0 Å². The number of nitrogen functional groups attached to an aromatic ring is 1. The van der Waals surface area contributed by atoms with Crippen molar-refractivity contribution >= 4 is 17.8 Å². The average molecular weight is 236 g/mol. The van der Waals surface area contributed by atoms with Crippen molar-refractivity contribution in [3.63, 3.8) is 0 Å². The maximum atomic E-state index is 5.69. The molecule has 0 aromatic carbocycles. The zero-order valence-electron chi connectivity index (χ0n) is 10.7. The summed E-state index contributed by atoms with van der Waals surface area (Å²) in [5, 5.41) is 3.38. The predicted octanol–water partition coefficient (Wildman–Crippen LogP) is 1.26. The highest BCUT2D eigenvalue weighted by Gasteiger charge is 2.29. The number of rotatable bonds is 3. The van der Waals surface area contributed by atoms with Gasteiger partial charge in [-0.1, -0.05) is 12.8 Å². The van der Waals surface area contributed by atoms with Gasteiger partial charge in [-0.2, -0.15) is 15.0 Å². The van der Waals surface area contributed by atoms with Crippen LogP contribution in [0.3, 0.4) is 0 Å². The molecule has 6 nitrogen and oxygen atoms in total. The van der Waals surface area contributed by atoms with Gasteiger partial charge in [-0.25, -0.2) is 0 Å². The molecule has 0 unspecified atom stereocenters. The van der Waals surface area contributed by atoms with Crippen molar-refractivity contribution in [2.45, 2.75) is 38.1 Å². The summed E-state index contributed by atoms with van der Waals surface area (Å²) in [6.07, 6.45) is 4.81. The summed E-state index contributed by atoms with van der Waals surface area (Å²) in [6, 6.07) is 0. The molecule has 3 N–H and O–H groups in total. The lowest BCUT2D eigenvalue weighted by atomic mass is 10.0. The van der Waals surface area contributed by atoms with E-state index in [-0.39, 0.29) is 11.5 Å². The van der Waals surface area contributed by atoms with Gasteiger partial charge in [-0.05, 0) is 19.8 Å². The van der Waals surface area contributed by atoms with Gasteiger partial charge in [0.25, 0.3) is 0 Å². The van der Waals surface area contributed by atoms with Crippen LogP contribution >= 0.6 is 0 Å². The second-order valence-corrected chi connectivity index (χ2v) is 5.10. The van der Waals surface area contributed by atoms with E-state index < -0.39 is 0 Å². The van der Waals surface area contributed by atoms with Gasteiger partial charge in [-0.15, -0.1) is 0 Å². The summed E-state index contributed by atoms with van der Waals surface area (Å²) in [7, 11) is 3.77. The van der Waals surface area contributed by atoms with E-state index in [9.17, 15) is 0 Å². The lowest BCUT2D eigenvalue weighted by Crippen LogP contribution is -2.32. The summed E-state index contributed by atoms with van der Waals surface area (Å²) >= 11 is 0. The Kier molecular flexibility index (Phi) is 3.04. The zero-order valence-corrected chi connectivity index (χ0v) is 10.7. The second-order valence-electron chi connectivity index (χ2n) is 5.10. The minimum absolute atomic E-state index is 0.0946. The van der Waals surface area contributed by atoms with E-state index in [1.807, 2.05) is 19.0 Å². The fourth-order valence-corrected chi connectivity index (χ4v) is 2.19. The normalized spacial score (nSPS) is 18.1. The van der Waals surface area contributed by atoms with Crippen LogP contribution in [0, 0.1) is 0 Å². The minimum Gasteiger partial charge on any atom is -0.368 e. The number of nitrogens with one attached hydrogen (secondary N) is 1. The quantitative estimate of drug-likeness (QED) is 0.822. The molecule has 1 saturated carbocycles. The Labute approximate surface area is 102 Å². The molecule has 0 saturated heterocycles. The molecule has 0 aliphatic heterocycles. The first kappa shape index (κ1) is 11.9. The largest absolute Gasteiger partial charge is 0.368 e. The summed E-state index contributed by atoms with van der Waals surface area (Å²) in [5.74, 6) is 1.42. The Morgan fingerprint density at radius 2 is 1.82 bits per heavy atom. The summed E-state index contributed by atoms with van der Waals surface area (Å²) in [4.78, 5) is 14.4. The fraction of sp³-hybridized carbons (Fsp3) is 0.727. The van der Waals surface area contributed by atoms with Gasteiger partial charge in [0.15, 0.2) is 0 Å². The maximum Gasteiger partial charge on any atom is 0.231 e. The molecule has 1 aliphatic carbocycles. The second kappa shape index (κ2) is 4.35. The van der Waals surface area contributed by atoms with Crippen molar-refractivity contribution in [3.05, 3.63) is 0 Å². The van der Waals surface area contributed by atoms with Crippen LogP contribution in [0.5, 0.6) is 0 Å². The minimum atomic E-state index is 0.0946. The number of anilines is 3. The molecule has 0 atom stereocenters. The van der Waals surface area contributed by atoms with E-state index in [0.717, 1.165) is 12.8 Å². The van der Waals surface area contributed by atoms with E-state index in [1.54, 1.807) is 0 Å². The molecule has 1 aromatic rings. The van der Waals surface area contributed by atoms with Crippen molar-refractivity contribution in [1.82, 2.24) is 15.0 Å². The van der Waals surface area contributed by atoms with E-state index >= 15 is 0 Å². The van der Waals surface area contributed by atoms with E-state index in [1.165, 1.54) is 12.8 Å². The molecule has 17 heavy (non-hydrogen) atoms. The van der Waals surface area contributed by atoms with Crippen LogP contribution in [0.4, 0.5) is 17.8 Å². The van der Waals surface area contributed by atoms with Gasteiger partial charge < -0.3 is 16.0 Å². The molecule has 1 aromatic heterocycles. The number of hydrogen-bond donors (Lipinski definition) is 2. The SMILES string of the molecule is CN(C)c1nc(N)nc(NC2(C)CCCC2)n1. The standard InChI is InChI=1S/C11H20N6/c1-11(6-4-5-7-11)16-9-13-8(12)14-10(15-9)17(2)3/h4-7H2,1-3H3,(H3,12,13,14,15,16). The Morgan fingerprint density at radius 1 is 1.18 bits per heavy atom. The maximum absolute atomic E-state index is 5.69. The molecule has 0 bridgehead atoms. The smallest absolute Gasteiger partial charge is 0.231 e. The van der Waals surface area contributed by atoms with Gasteiger partial charge in [0.05, 0.1) is 0 Å². The molecule has 1 fully saturated rings. The number of nitrogens with two attached hydrogens (primary N) is 1. The molecule has 94 valence electrons. The monoisotopic (exact) mass is 236 g/mol. The van der Waals surface area contributed by atoms with Crippen LogP contribution in [0.1, 0.15) is 32.6 Å². The molecule has 1 aliphatic rings. The Bertz CT molecular complexity index is 397. The molecule has 0 spiro atoms. The third-order valence-corrected chi connectivity index (χ3v) is 3.16. The van der Waals surface area contributed by atoms with Gasteiger partial charge in [0.1, 0.15) is 0 Å². The van der Waals surface area contributed by atoms with Crippen molar-refractivity contribution in [1.29, 1.82) is 0 Å². The molecule has 6 heteroatoms. The van der Waals surface area contributed by atoms with E-state index in [4.69, 9.17) is 5.73 Å². The lowest BCUT2D eigenvalue weighted by Gasteiger charge is -2.25. The van der Waals surface area contributed by atoms with Crippen molar-refractivity contribution < 1.29 is 0 Å². The van der Waals surface area contributed by atoms with Crippen LogP contribution in [-0.4, -0.2) is 34.6 Å².